The summed E-state index contributed by atoms with van der Waals surface area (Å²) in [6.07, 6.45) is -1.49. The summed E-state index contributed by atoms with van der Waals surface area (Å²) in [7, 11) is 5.24. The van der Waals surface area contributed by atoms with E-state index in [1.54, 1.807) is 31.4 Å². The van der Waals surface area contributed by atoms with Gasteiger partial charge in [0.15, 0.2) is 11.2 Å². The van der Waals surface area contributed by atoms with Crippen LogP contribution in [-0.4, -0.2) is 96.9 Å². The van der Waals surface area contributed by atoms with E-state index in [9.17, 15) is 10.2 Å². The number of nitrogen functional groups attached to an aromatic ring is 1. The van der Waals surface area contributed by atoms with Crippen LogP contribution in [0.3, 0.4) is 0 Å². The Morgan fingerprint density at radius 2 is 1.70 bits per heavy atom. The second-order valence-electron chi connectivity index (χ2n) is 12.2. The van der Waals surface area contributed by atoms with E-state index < -0.39 is 29.1 Å². The highest BCUT2D eigenvalue weighted by molar-refractivity contribution is 5.63. The standard InChI is InChI=1S/C34H39N5O7/c1-38-13-15-39(16-14-38)17-18-44-24-19-25(43-3)29-26(20-24)46-34(22-9-11-23(42-2)12-10-22)28(21-7-5-4-6-8-21)27(30(40)33(29,34)41)31-36-37-32(35)45-31/h4-12,19-20,27-28,30,40-41H,13-18H2,1-3H3,(H2,35,37). The molecule has 0 spiro atoms. The third-order valence-electron chi connectivity index (χ3n) is 9.73. The smallest absolute Gasteiger partial charge is 0.312 e. The first kappa shape index (κ1) is 30.3. The molecule has 0 radical (unpaired) electrons. The van der Waals surface area contributed by atoms with Crippen LogP contribution >= 0.6 is 0 Å². The van der Waals surface area contributed by atoms with Crippen molar-refractivity contribution in [3.63, 3.8) is 0 Å². The summed E-state index contributed by atoms with van der Waals surface area (Å²) >= 11 is 0. The maximum Gasteiger partial charge on any atom is 0.312 e. The number of nitrogens with two attached hydrogens (primary N) is 1. The van der Waals surface area contributed by atoms with Crippen LogP contribution in [0.15, 0.2) is 71.1 Å². The first-order chi connectivity index (χ1) is 22.3. The van der Waals surface area contributed by atoms with Gasteiger partial charge in [-0.15, -0.1) is 5.10 Å². The van der Waals surface area contributed by atoms with Crippen LogP contribution in [0.2, 0.25) is 0 Å². The van der Waals surface area contributed by atoms with Gasteiger partial charge in [0.2, 0.25) is 5.89 Å². The van der Waals surface area contributed by atoms with Gasteiger partial charge in [0.1, 0.15) is 35.7 Å². The van der Waals surface area contributed by atoms with Crippen LogP contribution in [0.25, 0.3) is 0 Å². The SMILES string of the molecule is COc1ccc(C23Oc4cc(OCCN5CCN(C)CC5)cc(OC)c4C2(O)C(O)C(c2nnc(N)o2)C3c2ccccc2)cc1. The molecule has 12 heteroatoms. The fraction of sp³-hybridized carbons (Fsp3) is 0.412. The molecule has 2 fully saturated rings. The highest BCUT2D eigenvalue weighted by Gasteiger charge is 2.78. The molecule has 0 amide bonds. The Balaban J connectivity index is 1.36. The zero-order chi connectivity index (χ0) is 32.1. The van der Waals surface area contributed by atoms with Crippen molar-refractivity contribution in [3.05, 3.63) is 89.3 Å². The van der Waals surface area contributed by atoms with Crippen LogP contribution in [-0.2, 0) is 11.2 Å². The molecule has 0 bridgehead atoms. The number of hydrogen-bond donors (Lipinski definition) is 3. The quantitative estimate of drug-likeness (QED) is 0.250. The molecule has 1 saturated heterocycles. The van der Waals surface area contributed by atoms with Crippen molar-refractivity contribution in [3.8, 4) is 23.0 Å². The van der Waals surface area contributed by atoms with Crippen molar-refractivity contribution in [2.75, 3.05) is 66.3 Å². The van der Waals surface area contributed by atoms with Gasteiger partial charge in [-0.2, -0.15) is 0 Å². The third-order valence-corrected chi connectivity index (χ3v) is 9.73. The molecule has 5 atom stereocenters. The van der Waals surface area contributed by atoms with E-state index in [0.717, 1.165) is 38.3 Å². The second-order valence-corrected chi connectivity index (χ2v) is 12.2. The van der Waals surface area contributed by atoms with Crippen molar-refractivity contribution in [1.82, 2.24) is 20.0 Å². The number of anilines is 1. The largest absolute Gasteiger partial charge is 0.497 e. The average Bonchev–Trinajstić information content (AvgIpc) is 3.68. The summed E-state index contributed by atoms with van der Waals surface area (Å²) in [5.41, 5.74) is 3.93. The summed E-state index contributed by atoms with van der Waals surface area (Å²) in [4.78, 5) is 4.69. The molecule has 3 heterocycles. The molecule has 2 aliphatic heterocycles. The number of aromatic nitrogens is 2. The van der Waals surface area contributed by atoms with Crippen LogP contribution in [0, 0.1) is 0 Å². The van der Waals surface area contributed by atoms with Gasteiger partial charge in [-0.05, 0) is 30.3 Å². The van der Waals surface area contributed by atoms with E-state index in [1.165, 1.54) is 7.11 Å². The van der Waals surface area contributed by atoms with Crippen molar-refractivity contribution < 1.29 is 33.6 Å². The molecule has 3 aliphatic rings. The lowest BCUT2D eigenvalue weighted by Gasteiger charge is -2.40. The lowest BCUT2D eigenvalue weighted by Crippen LogP contribution is -2.52. The van der Waals surface area contributed by atoms with Gasteiger partial charge >= 0.3 is 6.01 Å². The monoisotopic (exact) mass is 629 g/mol. The predicted octanol–water partition coefficient (Wildman–Crippen LogP) is 2.71. The molecular formula is C34H39N5O7. The van der Waals surface area contributed by atoms with Gasteiger partial charge in [-0.3, -0.25) is 4.90 Å². The zero-order valence-electron chi connectivity index (χ0n) is 26.1. The lowest BCUT2D eigenvalue weighted by molar-refractivity contribution is -0.151. The Kier molecular flexibility index (Phi) is 7.76. The highest BCUT2D eigenvalue weighted by Crippen LogP contribution is 2.72. The summed E-state index contributed by atoms with van der Waals surface area (Å²) < 4.78 is 30.3. The molecule has 46 heavy (non-hydrogen) atoms. The number of piperazine rings is 1. The van der Waals surface area contributed by atoms with Crippen molar-refractivity contribution in [2.24, 2.45) is 0 Å². The molecule has 7 rings (SSSR count). The number of hydrogen-bond acceptors (Lipinski definition) is 12. The first-order valence-electron chi connectivity index (χ1n) is 15.4. The molecule has 3 aromatic carbocycles. The number of ether oxygens (including phenoxy) is 4. The zero-order valence-corrected chi connectivity index (χ0v) is 26.1. The fourth-order valence-corrected chi connectivity index (χ4v) is 7.49. The first-order valence-corrected chi connectivity index (χ1v) is 15.4. The van der Waals surface area contributed by atoms with E-state index in [4.69, 9.17) is 29.1 Å². The van der Waals surface area contributed by atoms with E-state index in [2.05, 4.69) is 27.0 Å². The van der Waals surface area contributed by atoms with Crippen LogP contribution in [0.1, 0.15) is 34.4 Å². The molecule has 1 saturated carbocycles. The molecule has 4 N–H and O–H groups in total. The Morgan fingerprint density at radius 3 is 2.35 bits per heavy atom. The van der Waals surface area contributed by atoms with Crippen LogP contribution in [0.5, 0.6) is 23.0 Å². The minimum absolute atomic E-state index is 0.0857. The molecule has 12 nitrogen and oxygen atoms in total. The topological polar surface area (TPSA) is 149 Å². The third kappa shape index (κ3) is 4.66. The Labute approximate surface area is 267 Å². The van der Waals surface area contributed by atoms with Gasteiger partial charge in [-0.1, -0.05) is 47.6 Å². The van der Waals surface area contributed by atoms with E-state index in [1.807, 2.05) is 42.5 Å². The Bertz CT molecular complexity index is 1680. The maximum absolute atomic E-state index is 13.2. The minimum Gasteiger partial charge on any atom is -0.497 e. The summed E-state index contributed by atoms with van der Waals surface area (Å²) in [5.74, 6) is 0.283. The predicted molar refractivity (Wildman–Crippen MR) is 168 cm³/mol. The normalized spacial score (nSPS) is 27.5. The van der Waals surface area contributed by atoms with Crippen LogP contribution in [0.4, 0.5) is 6.01 Å². The summed E-state index contributed by atoms with van der Waals surface area (Å²) in [5, 5.41) is 33.6. The summed E-state index contributed by atoms with van der Waals surface area (Å²) in [6.45, 7) is 5.26. The van der Waals surface area contributed by atoms with Gasteiger partial charge in [0.05, 0.1) is 25.7 Å². The van der Waals surface area contributed by atoms with Crippen molar-refractivity contribution in [2.45, 2.75) is 29.1 Å². The molecule has 4 aromatic rings. The van der Waals surface area contributed by atoms with Gasteiger partial charge in [-0.25, -0.2) is 0 Å². The molecule has 1 aromatic heterocycles. The average molecular weight is 630 g/mol. The van der Waals surface area contributed by atoms with Gasteiger partial charge < -0.3 is 44.2 Å². The van der Waals surface area contributed by atoms with Crippen molar-refractivity contribution in [1.29, 1.82) is 0 Å². The highest BCUT2D eigenvalue weighted by atomic mass is 16.5. The molecule has 242 valence electrons. The number of benzene rings is 3. The Morgan fingerprint density at radius 1 is 0.957 bits per heavy atom. The second kappa shape index (κ2) is 11.8. The number of aliphatic hydroxyl groups is 2. The fourth-order valence-electron chi connectivity index (χ4n) is 7.49. The van der Waals surface area contributed by atoms with E-state index in [-0.39, 0.29) is 11.9 Å². The number of nitrogens with zero attached hydrogens (tertiary/aromatic N) is 4. The number of rotatable bonds is 9. The van der Waals surface area contributed by atoms with Crippen LogP contribution < -0.4 is 24.7 Å². The number of likely N-dealkylation sites (N-methyl/N-ethyl adjacent to an activating group) is 1. The number of fused-ring (bicyclic) bond motifs is 3. The van der Waals surface area contributed by atoms with Crippen molar-refractivity contribution >= 4 is 6.01 Å². The molecule has 1 aliphatic carbocycles. The maximum atomic E-state index is 13.2. The lowest BCUT2D eigenvalue weighted by atomic mass is 9.70. The van der Waals surface area contributed by atoms with E-state index >= 15 is 0 Å². The van der Waals surface area contributed by atoms with Gasteiger partial charge in [0, 0.05) is 50.8 Å². The van der Waals surface area contributed by atoms with Gasteiger partial charge in [0.25, 0.3) is 0 Å². The number of aliphatic hydroxyl groups excluding tert-OH is 1. The Hall–Kier alpha value is -4.36. The molecule has 5 unspecified atom stereocenters. The molecular weight excluding hydrogens is 590 g/mol. The number of methoxy groups -OCH3 is 2. The summed E-state index contributed by atoms with van der Waals surface area (Å²) in [6, 6.07) is 20.2. The van der Waals surface area contributed by atoms with E-state index in [0.29, 0.717) is 40.7 Å². The minimum atomic E-state index is -2.05.